The molecule has 1 aliphatic heterocycles. The highest BCUT2D eigenvalue weighted by molar-refractivity contribution is 6.18. The van der Waals surface area contributed by atoms with Gasteiger partial charge in [-0.15, -0.1) is 11.6 Å². The summed E-state index contributed by atoms with van der Waals surface area (Å²) in [5, 5.41) is 0. The van der Waals surface area contributed by atoms with Crippen molar-refractivity contribution in [2.75, 3.05) is 25.5 Å². The van der Waals surface area contributed by atoms with Crippen molar-refractivity contribution >= 4 is 11.6 Å². The Hall–Kier alpha value is 0.250. The molecule has 0 N–H and O–H groups in total. The zero-order valence-electron chi connectivity index (χ0n) is 6.65. The van der Waals surface area contributed by atoms with Crippen LogP contribution in [0.4, 0.5) is 0 Å². The van der Waals surface area contributed by atoms with Crippen LogP contribution in [0.1, 0.15) is 19.8 Å². The second-order valence-electron chi connectivity index (χ2n) is 3.05. The van der Waals surface area contributed by atoms with Gasteiger partial charge in [0.1, 0.15) is 0 Å². The van der Waals surface area contributed by atoms with E-state index in [-0.39, 0.29) is 0 Å². The van der Waals surface area contributed by atoms with E-state index in [2.05, 4.69) is 11.8 Å². The molecule has 0 radical (unpaired) electrons. The Labute approximate surface area is 68.4 Å². The quantitative estimate of drug-likeness (QED) is 0.572. The van der Waals surface area contributed by atoms with Crippen LogP contribution in [0.25, 0.3) is 0 Å². The average Bonchev–Trinajstić information content (AvgIpc) is 2.37. The molecule has 1 aliphatic rings. The molecule has 0 bridgehead atoms. The van der Waals surface area contributed by atoms with Gasteiger partial charge in [-0.05, 0) is 18.9 Å². The Morgan fingerprint density at radius 1 is 1.60 bits per heavy atom. The maximum absolute atomic E-state index is 5.63. The van der Waals surface area contributed by atoms with Gasteiger partial charge in [-0.1, -0.05) is 13.3 Å². The Kier molecular flexibility index (Phi) is 3.50. The number of nitrogens with zero attached hydrogens (tertiary/aromatic N) is 1. The first-order valence-electron chi connectivity index (χ1n) is 4.15. The van der Waals surface area contributed by atoms with Crippen LogP contribution in [-0.2, 0) is 0 Å². The normalized spacial score (nSPS) is 27.6. The fourth-order valence-corrected chi connectivity index (χ4v) is 1.81. The third-order valence-corrected chi connectivity index (χ3v) is 2.52. The van der Waals surface area contributed by atoms with Gasteiger partial charge < -0.3 is 4.90 Å². The monoisotopic (exact) mass is 161 g/mol. The van der Waals surface area contributed by atoms with Crippen LogP contribution in [0, 0.1) is 5.92 Å². The van der Waals surface area contributed by atoms with E-state index in [9.17, 15) is 0 Å². The van der Waals surface area contributed by atoms with Crippen molar-refractivity contribution in [3.8, 4) is 0 Å². The number of hydrogen-bond donors (Lipinski definition) is 0. The topological polar surface area (TPSA) is 3.24 Å². The van der Waals surface area contributed by atoms with E-state index >= 15 is 0 Å². The van der Waals surface area contributed by atoms with Crippen LogP contribution >= 0.6 is 11.6 Å². The lowest BCUT2D eigenvalue weighted by Crippen LogP contribution is -2.22. The summed E-state index contributed by atoms with van der Waals surface area (Å²) in [6.45, 7) is 5.90. The second-order valence-corrected chi connectivity index (χ2v) is 3.43. The van der Waals surface area contributed by atoms with E-state index in [0.29, 0.717) is 0 Å². The predicted octanol–water partition coefficient (Wildman–Crippen LogP) is 1.96. The molecule has 1 saturated heterocycles. The summed E-state index contributed by atoms with van der Waals surface area (Å²) >= 11 is 5.63. The zero-order chi connectivity index (χ0) is 7.40. The Morgan fingerprint density at radius 3 is 2.90 bits per heavy atom. The van der Waals surface area contributed by atoms with E-state index in [1.165, 1.54) is 25.9 Å². The number of likely N-dealkylation sites (tertiary alicyclic amines) is 1. The van der Waals surface area contributed by atoms with Crippen molar-refractivity contribution in [3.05, 3.63) is 0 Å². The van der Waals surface area contributed by atoms with Gasteiger partial charge >= 0.3 is 0 Å². The van der Waals surface area contributed by atoms with Crippen LogP contribution in [0.15, 0.2) is 0 Å². The van der Waals surface area contributed by atoms with Gasteiger partial charge in [0.15, 0.2) is 0 Å². The molecule has 1 atom stereocenters. The summed E-state index contributed by atoms with van der Waals surface area (Å²) in [7, 11) is 0. The van der Waals surface area contributed by atoms with Gasteiger partial charge in [-0.25, -0.2) is 0 Å². The first-order valence-corrected chi connectivity index (χ1v) is 4.68. The molecular formula is C8H16ClN. The van der Waals surface area contributed by atoms with Crippen molar-refractivity contribution < 1.29 is 0 Å². The molecule has 0 aliphatic carbocycles. The molecule has 0 aromatic rings. The highest BCUT2D eigenvalue weighted by atomic mass is 35.5. The van der Waals surface area contributed by atoms with Crippen molar-refractivity contribution in [2.45, 2.75) is 19.8 Å². The van der Waals surface area contributed by atoms with Crippen LogP contribution in [0.3, 0.4) is 0 Å². The largest absolute Gasteiger partial charge is 0.302 e. The summed E-state index contributed by atoms with van der Waals surface area (Å²) in [5.74, 6) is 1.74. The van der Waals surface area contributed by atoms with Gasteiger partial charge in [0, 0.05) is 19.0 Å². The first-order chi connectivity index (χ1) is 4.86. The van der Waals surface area contributed by atoms with E-state index in [4.69, 9.17) is 11.6 Å². The predicted molar refractivity (Wildman–Crippen MR) is 45.6 cm³/mol. The third kappa shape index (κ3) is 2.14. The van der Waals surface area contributed by atoms with Crippen molar-refractivity contribution in [1.29, 1.82) is 0 Å². The molecule has 0 amide bonds. The van der Waals surface area contributed by atoms with Gasteiger partial charge in [-0.2, -0.15) is 0 Å². The Bertz CT molecular complexity index is 95.3. The van der Waals surface area contributed by atoms with Crippen LogP contribution in [0.5, 0.6) is 0 Å². The third-order valence-electron chi connectivity index (χ3n) is 2.35. The minimum atomic E-state index is 0.788. The molecule has 1 fully saturated rings. The summed E-state index contributed by atoms with van der Waals surface area (Å²) in [6, 6.07) is 0. The maximum Gasteiger partial charge on any atom is 0.0351 e. The van der Waals surface area contributed by atoms with Gasteiger partial charge in [0.05, 0.1) is 0 Å². The fourth-order valence-electron chi connectivity index (χ4n) is 1.57. The second kappa shape index (κ2) is 4.20. The maximum atomic E-state index is 5.63. The van der Waals surface area contributed by atoms with E-state index in [0.717, 1.165) is 18.3 Å². The summed E-state index contributed by atoms with van der Waals surface area (Å²) in [5.41, 5.74) is 0. The number of rotatable bonds is 3. The lowest BCUT2D eigenvalue weighted by Gasteiger charge is -2.12. The molecule has 2 heteroatoms. The number of hydrogen-bond acceptors (Lipinski definition) is 1. The Balaban J connectivity index is 2.15. The molecule has 0 aromatic carbocycles. The van der Waals surface area contributed by atoms with Gasteiger partial charge in [0.25, 0.3) is 0 Å². The average molecular weight is 162 g/mol. The van der Waals surface area contributed by atoms with Crippen molar-refractivity contribution in [2.24, 2.45) is 5.92 Å². The lowest BCUT2D eigenvalue weighted by atomic mass is 10.1. The first kappa shape index (κ1) is 8.35. The minimum absolute atomic E-state index is 0.788. The lowest BCUT2D eigenvalue weighted by molar-refractivity contribution is 0.342. The molecule has 1 nitrogen and oxygen atoms in total. The van der Waals surface area contributed by atoms with Crippen LogP contribution in [-0.4, -0.2) is 30.4 Å². The summed E-state index contributed by atoms with van der Waals surface area (Å²) in [6.07, 6.45) is 2.71. The van der Waals surface area contributed by atoms with Crippen LogP contribution < -0.4 is 0 Å². The molecule has 0 spiro atoms. The summed E-state index contributed by atoms with van der Waals surface area (Å²) in [4.78, 5) is 2.46. The number of halogens is 1. The molecule has 1 heterocycles. The van der Waals surface area contributed by atoms with Crippen molar-refractivity contribution in [3.63, 3.8) is 0 Å². The molecule has 0 saturated carbocycles. The highest BCUT2D eigenvalue weighted by Gasteiger charge is 2.19. The molecule has 1 rings (SSSR count). The minimum Gasteiger partial charge on any atom is -0.302 e. The van der Waals surface area contributed by atoms with Crippen LogP contribution in [0.2, 0.25) is 0 Å². The molecular weight excluding hydrogens is 146 g/mol. The van der Waals surface area contributed by atoms with Gasteiger partial charge in [-0.3, -0.25) is 0 Å². The zero-order valence-corrected chi connectivity index (χ0v) is 7.40. The highest BCUT2D eigenvalue weighted by Crippen LogP contribution is 2.18. The molecule has 1 unspecified atom stereocenters. The van der Waals surface area contributed by atoms with Crippen molar-refractivity contribution in [1.82, 2.24) is 4.90 Å². The smallest absolute Gasteiger partial charge is 0.0351 e. The van der Waals surface area contributed by atoms with Gasteiger partial charge in [0.2, 0.25) is 0 Å². The van der Waals surface area contributed by atoms with E-state index in [1.54, 1.807) is 0 Å². The standard InChI is InChI=1S/C8H16ClN/c1-2-8-3-5-10(7-8)6-4-9/h8H,2-7H2,1H3. The Morgan fingerprint density at radius 2 is 2.40 bits per heavy atom. The fraction of sp³-hybridized carbons (Fsp3) is 1.00. The molecule has 0 aromatic heterocycles. The SMILES string of the molecule is CCC1CCN(CCCl)C1. The summed E-state index contributed by atoms with van der Waals surface area (Å²) < 4.78 is 0. The van der Waals surface area contributed by atoms with E-state index < -0.39 is 0 Å². The van der Waals surface area contributed by atoms with E-state index in [1.807, 2.05) is 0 Å². The molecule has 10 heavy (non-hydrogen) atoms. The molecule has 60 valence electrons. The number of alkyl halides is 1.